The van der Waals surface area contributed by atoms with Crippen molar-refractivity contribution < 1.29 is 4.79 Å². The molecular formula is C16H16BrNO. The minimum Gasteiger partial charge on any atom is -0.348 e. The molecule has 19 heavy (non-hydrogen) atoms. The van der Waals surface area contributed by atoms with Gasteiger partial charge in [-0.2, -0.15) is 0 Å². The smallest absolute Gasteiger partial charge is 0.251 e. The third-order valence-corrected chi connectivity index (χ3v) is 3.66. The summed E-state index contributed by atoms with van der Waals surface area (Å²) in [5.41, 5.74) is 4.13. The Morgan fingerprint density at radius 1 is 1.05 bits per heavy atom. The van der Waals surface area contributed by atoms with E-state index in [1.807, 2.05) is 56.3 Å². The molecule has 0 saturated carbocycles. The molecule has 0 bridgehead atoms. The number of hydrogen-bond donors (Lipinski definition) is 1. The fourth-order valence-corrected chi connectivity index (χ4v) is 2.03. The van der Waals surface area contributed by atoms with Gasteiger partial charge in [0.1, 0.15) is 0 Å². The molecule has 0 atom stereocenters. The molecule has 98 valence electrons. The third kappa shape index (κ3) is 3.67. The first-order chi connectivity index (χ1) is 9.06. The van der Waals surface area contributed by atoms with Crippen molar-refractivity contribution in [3.05, 3.63) is 69.2 Å². The van der Waals surface area contributed by atoms with Gasteiger partial charge in [-0.3, -0.25) is 4.79 Å². The van der Waals surface area contributed by atoms with Gasteiger partial charge in [-0.25, -0.2) is 0 Å². The highest BCUT2D eigenvalue weighted by molar-refractivity contribution is 9.10. The number of carbonyl (C=O) groups is 1. The quantitative estimate of drug-likeness (QED) is 0.911. The second-order valence-electron chi connectivity index (χ2n) is 4.61. The van der Waals surface area contributed by atoms with Gasteiger partial charge in [-0.1, -0.05) is 34.1 Å². The zero-order chi connectivity index (χ0) is 13.8. The molecule has 3 heteroatoms. The number of amides is 1. The Labute approximate surface area is 122 Å². The molecule has 0 heterocycles. The maximum atomic E-state index is 12.0. The molecule has 0 saturated heterocycles. The van der Waals surface area contributed by atoms with Crippen LogP contribution in [0.2, 0.25) is 0 Å². The first-order valence-corrected chi connectivity index (χ1v) is 6.95. The fourth-order valence-electron chi connectivity index (χ4n) is 1.77. The summed E-state index contributed by atoms with van der Waals surface area (Å²) in [6, 6.07) is 13.7. The number of hydrogen-bond acceptors (Lipinski definition) is 1. The first-order valence-electron chi connectivity index (χ1n) is 6.16. The van der Waals surface area contributed by atoms with E-state index in [1.165, 1.54) is 5.56 Å². The molecule has 0 aliphatic rings. The van der Waals surface area contributed by atoms with Crippen LogP contribution in [0, 0.1) is 13.8 Å². The van der Waals surface area contributed by atoms with Gasteiger partial charge in [-0.05, 0) is 54.8 Å². The van der Waals surface area contributed by atoms with Crippen molar-refractivity contribution in [1.82, 2.24) is 5.32 Å². The number of aryl methyl sites for hydroxylation is 2. The van der Waals surface area contributed by atoms with Crippen LogP contribution < -0.4 is 5.32 Å². The highest BCUT2D eigenvalue weighted by Gasteiger charge is 2.06. The Bertz CT molecular complexity index is 590. The van der Waals surface area contributed by atoms with Crippen LogP contribution in [0.4, 0.5) is 0 Å². The minimum absolute atomic E-state index is 0.0361. The van der Waals surface area contributed by atoms with Crippen molar-refractivity contribution in [2.24, 2.45) is 0 Å². The fraction of sp³-hybridized carbons (Fsp3) is 0.188. The van der Waals surface area contributed by atoms with Gasteiger partial charge in [-0.15, -0.1) is 0 Å². The predicted octanol–water partition coefficient (Wildman–Crippen LogP) is 4.00. The van der Waals surface area contributed by atoms with Crippen LogP contribution >= 0.6 is 15.9 Å². The SMILES string of the molecule is Cc1ccc(C(=O)NCc2ccc(Br)cc2)cc1C. The average Bonchev–Trinajstić information content (AvgIpc) is 2.41. The highest BCUT2D eigenvalue weighted by Crippen LogP contribution is 2.12. The lowest BCUT2D eigenvalue weighted by Crippen LogP contribution is -2.22. The molecule has 0 unspecified atom stereocenters. The molecule has 0 aliphatic heterocycles. The molecule has 1 N–H and O–H groups in total. The van der Waals surface area contributed by atoms with Crippen LogP contribution in [-0.2, 0) is 6.54 Å². The van der Waals surface area contributed by atoms with E-state index in [2.05, 4.69) is 21.2 Å². The summed E-state index contributed by atoms with van der Waals surface area (Å²) < 4.78 is 1.04. The Morgan fingerprint density at radius 2 is 1.74 bits per heavy atom. The second kappa shape index (κ2) is 6.02. The van der Waals surface area contributed by atoms with Crippen LogP contribution in [0.3, 0.4) is 0 Å². The summed E-state index contributed by atoms with van der Waals surface area (Å²) in [6.07, 6.45) is 0. The van der Waals surface area contributed by atoms with Crippen LogP contribution in [0.5, 0.6) is 0 Å². The van der Waals surface area contributed by atoms with E-state index in [0.717, 1.165) is 15.6 Å². The zero-order valence-electron chi connectivity index (χ0n) is 11.0. The van der Waals surface area contributed by atoms with Crippen molar-refractivity contribution in [3.63, 3.8) is 0 Å². The molecule has 1 amide bonds. The Balaban J connectivity index is 2.01. The molecule has 2 rings (SSSR count). The first kappa shape index (κ1) is 13.8. The van der Waals surface area contributed by atoms with Crippen LogP contribution in [-0.4, -0.2) is 5.91 Å². The number of halogens is 1. The van der Waals surface area contributed by atoms with Gasteiger partial charge in [0.2, 0.25) is 0 Å². The molecule has 2 aromatic carbocycles. The highest BCUT2D eigenvalue weighted by atomic mass is 79.9. The third-order valence-electron chi connectivity index (χ3n) is 3.14. The maximum Gasteiger partial charge on any atom is 0.251 e. The maximum absolute atomic E-state index is 12.0. The van der Waals surface area contributed by atoms with Crippen LogP contribution in [0.25, 0.3) is 0 Å². The molecular weight excluding hydrogens is 302 g/mol. The van der Waals surface area contributed by atoms with Gasteiger partial charge in [0.25, 0.3) is 5.91 Å². The van der Waals surface area contributed by atoms with E-state index in [0.29, 0.717) is 12.1 Å². The van der Waals surface area contributed by atoms with Gasteiger partial charge < -0.3 is 5.32 Å². The van der Waals surface area contributed by atoms with Crippen molar-refractivity contribution in [1.29, 1.82) is 0 Å². The predicted molar refractivity (Wildman–Crippen MR) is 81.2 cm³/mol. The summed E-state index contributed by atoms with van der Waals surface area (Å²) in [7, 11) is 0. The van der Waals surface area contributed by atoms with Crippen molar-refractivity contribution in [2.45, 2.75) is 20.4 Å². The topological polar surface area (TPSA) is 29.1 Å². The molecule has 0 spiro atoms. The lowest BCUT2D eigenvalue weighted by atomic mass is 10.1. The summed E-state index contributed by atoms with van der Waals surface area (Å²) in [5, 5.41) is 2.93. The number of benzene rings is 2. The summed E-state index contributed by atoms with van der Waals surface area (Å²) in [5.74, 6) is -0.0361. The largest absolute Gasteiger partial charge is 0.348 e. The normalized spacial score (nSPS) is 10.3. The summed E-state index contributed by atoms with van der Waals surface area (Å²) in [4.78, 5) is 12.0. The number of carbonyl (C=O) groups excluding carboxylic acids is 1. The Morgan fingerprint density at radius 3 is 2.37 bits per heavy atom. The van der Waals surface area contributed by atoms with Gasteiger partial charge >= 0.3 is 0 Å². The summed E-state index contributed by atoms with van der Waals surface area (Å²) in [6.45, 7) is 4.60. The zero-order valence-corrected chi connectivity index (χ0v) is 12.6. The Kier molecular flexibility index (Phi) is 4.38. The average molecular weight is 318 g/mol. The molecule has 0 fully saturated rings. The van der Waals surface area contributed by atoms with E-state index in [9.17, 15) is 4.79 Å². The van der Waals surface area contributed by atoms with Crippen molar-refractivity contribution in [2.75, 3.05) is 0 Å². The molecule has 0 aliphatic carbocycles. The lowest BCUT2D eigenvalue weighted by molar-refractivity contribution is 0.0951. The van der Waals surface area contributed by atoms with Crippen molar-refractivity contribution in [3.8, 4) is 0 Å². The number of nitrogens with one attached hydrogen (secondary N) is 1. The number of rotatable bonds is 3. The molecule has 0 radical (unpaired) electrons. The van der Waals surface area contributed by atoms with E-state index in [1.54, 1.807) is 0 Å². The molecule has 2 nitrogen and oxygen atoms in total. The molecule has 0 aromatic heterocycles. The minimum atomic E-state index is -0.0361. The summed E-state index contributed by atoms with van der Waals surface area (Å²) >= 11 is 3.39. The van der Waals surface area contributed by atoms with E-state index >= 15 is 0 Å². The van der Waals surface area contributed by atoms with Gasteiger partial charge in [0, 0.05) is 16.6 Å². The molecule has 2 aromatic rings. The van der Waals surface area contributed by atoms with Crippen molar-refractivity contribution >= 4 is 21.8 Å². The van der Waals surface area contributed by atoms with Gasteiger partial charge in [0.15, 0.2) is 0 Å². The van der Waals surface area contributed by atoms with E-state index < -0.39 is 0 Å². The van der Waals surface area contributed by atoms with E-state index in [4.69, 9.17) is 0 Å². The van der Waals surface area contributed by atoms with Crippen LogP contribution in [0.1, 0.15) is 27.0 Å². The van der Waals surface area contributed by atoms with E-state index in [-0.39, 0.29) is 5.91 Å². The standard InChI is InChI=1S/C16H16BrNO/c1-11-3-6-14(9-12(11)2)16(19)18-10-13-4-7-15(17)8-5-13/h3-9H,10H2,1-2H3,(H,18,19). The monoisotopic (exact) mass is 317 g/mol. The van der Waals surface area contributed by atoms with Gasteiger partial charge in [0.05, 0.1) is 0 Å². The second-order valence-corrected chi connectivity index (χ2v) is 5.52. The Hall–Kier alpha value is -1.61. The van der Waals surface area contributed by atoms with Crippen LogP contribution in [0.15, 0.2) is 46.9 Å². The lowest BCUT2D eigenvalue weighted by Gasteiger charge is -2.07.